The lowest BCUT2D eigenvalue weighted by Crippen LogP contribution is -2.43. The topological polar surface area (TPSA) is 18.5 Å². The first-order valence-corrected chi connectivity index (χ1v) is 7.54. The van der Waals surface area contributed by atoms with Crippen LogP contribution in [0, 0.1) is 0 Å². The Morgan fingerprint density at radius 2 is 2.19 bits per heavy atom. The molecule has 0 bridgehead atoms. The summed E-state index contributed by atoms with van der Waals surface area (Å²) in [7, 11) is 0. The van der Waals surface area contributed by atoms with Crippen molar-refractivity contribution in [1.82, 2.24) is 0 Å². The summed E-state index contributed by atoms with van der Waals surface area (Å²) < 4.78 is 13.3. The second kappa shape index (κ2) is 5.33. The molecule has 16 heavy (non-hydrogen) atoms. The molecule has 1 aliphatic rings. The molecule has 1 aromatic rings. The largest absolute Gasteiger partial charge is 0.376 e. The van der Waals surface area contributed by atoms with Crippen LogP contribution in [0.2, 0.25) is 0 Å². The molecule has 1 fully saturated rings. The van der Waals surface area contributed by atoms with Gasteiger partial charge < -0.3 is 9.47 Å². The van der Waals surface area contributed by atoms with Gasteiger partial charge in [-0.15, -0.1) is 0 Å². The van der Waals surface area contributed by atoms with Crippen molar-refractivity contribution < 1.29 is 9.47 Å². The molecule has 88 valence electrons. The van der Waals surface area contributed by atoms with Gasteiger partial charge in [0.2, 0.25) is 0 Å². The van der Waals surface area contributed by atoms with Crippen molar-refractivity contribution in [2.45, 2.75) is 18.6 Å². The van der Waals surface area contributed by atoms with Crippen molar-refractivity contribution in [2.75, 3.05) is 17.6 Å². The molecule has 0 spiro atoms. The van der Waals surface area contributed by atoms with Gasteiger partial charge in [0.25, 0.3) is 0 Å². The molecule has 0 radical (unpaired) electrons. The number of rotatable bonds is 4. The van der Waals surface area contributed by atoms with Crippen molar-refractivity contribution in [3.8, 4) is 0 Å². The molecule has 1 saturated heterocycles. The fraction of sp³-hybridized carbons (Fsp3) is 0.500. The van der Waals surface area contributed by atoms with E-state index in [4.69, 9.17) is 9.47 Å². The van der Waals surface area contributed by atoms with Crippen molar-refractivity contribution in [2.24, 2.45) is 0 Å². The van der Waals surface area contributed by atoms with Gasteiger partial charge in [0.1, 0.15) is 11.7 Å². The van der Waals surface area contributed by atoms with E-state index in [0.29, 0.717) is 0 Å². The summed E-state index contributed by atoms with van der Waals surface area (Å²) in [6.07, 6.45) is 0.242. The molecule has 2 rings (SSSR count). The Bertz CT molecular complexity index is 368. The maximum atomic E-state index is 6.13. The number of ether oxygens (including phenoxy) is 2. The molecule has 1 aromatic carbocycles. The van der Waals surface area contributed by atoms with Gasteiger partial charge in [-0.25, -0.2) is 0 Å². The number of hydrogen-bond donors (Lipinski definition) is 0. The first kappa shape index (κ1) is 12.8. The highest BCUT2D eigenvalue weighted by atomic mass is 127. The minimum atomic E-state index is -0.241. The van der Waals surface area contributed by atoms with Crippen LogP contribution in [-0.2, 0) is 15.1 Å². The summed E-state index contributed by atoms with van der Waals surface area (Å²) in [5.74, 6) is 0. The van der Waals surface area contributed by atoms with Gasteiger partial charge in [0, 0.05) is 8.90 Å². The van der Waals surface area contributed by atoms with Crippen LogP contribution >= 0.6 is 38.5 Å². The Kier molecular flexibility index (Phi) is 4.26. The van der Waals surface area contributed by atoms with E-state index in [1.54, 1.807) is 0 Å². The van der Waals surface area contributed by atoms with E-state index in [2.05, 4.69) is 57.6 Å². The zero-order valence-electron chi connectivity index (χ0n) is 9.08. The zero-order valence-corrected chi connectivity index (χ0v) is 12.8. The van der Waals surface area contributed by atoms with Gasteiger partial charge in [-0.1, -0.05) is 56.7 Å². The lowest BCUT2D eigenvalue weighted by Gasteiger charge is -2.37. The SMILES string of the molecule is CC(CI)(OC1COC1)c1ccccc1Br. The molecule has 0 N–H and O–H groups in total. The Morgan fingerprint density at radius 1 is 1.50 bits per heavy atom. The predicted octanol–water partition coefficient (Wildman–Crippen LogP) is 3.51. The van der Waals surface area contributed by atoms with Crippen molar-refractivity contribution >= 4 is 38.5 Å². The van der Waals surface area contributed by atoms with Crippen molar-refractivity contribution in [3.63, 3.8) is 0 Å². The van der Waals surface area contributed by atoms with E-state index in [1.807, 2.05) is 12.1 Å². The zero-order chi connectivity index (χ0) is 11.6. The lowest BCUT2D eigenvalue weighted by molar-refractivity contribution is -0.183. The molecule has 1 unspecified atom stereocenters. The molecular weight excluding hydrogens is 383 g/mol. The van der Waals surface area contributed by atoms with Crippen LogP contribution < -0.4 is 0 Å². The summed E-state index contributed by atoms with van der Waals surface area (Å²) in [4.78, 5) is 0. The molecule has 2 nitrogen and oxygen atoms in total. The molecular formula is C12H14BrIO2. The third-order valence-corrected chi connectivity index (χ3v) is 4.88. The third kappa shape index (κ3) is 2.60. The van der Waals surface area contributed by atoms with Gasteiger partial charge >= 0.3 is 0 Å². The summed E-state index contributed by atoms with van der Waals surface area (Å²) in [5.41, 5.74) is 0.964. The molecule has 0 aliphatic carbocycles. The van der Waals surface area contributed by atoms with Crippen LogP contribution in [0.15, 0.2) is 28.7 Å². The van der Waals surface area contributed by atoms with Gasteiger partial charge in [-0.2, -0.15) is 0 Å². The number of benzene rings is 1. The Balaban J connectivity index is 2.22. The second-order valence-electron chi connectivity index (χ2n) is 4.12. The highest BCUT2D eigenvalue weighted by Crippen LogP contribution is 2.35. The Labute approximate surface area is 118 Å². The highest BCUT2D eigenvalue weighted by Gasteiger charge is 2.34. The maximum Gasteiger partial charge on any atom is 0.105 e. The van der Waals surface area contributed by atoms with E-state index in [9.17, 15) is 0 Å². The predicted molar refractivity (Wildman–Crippen MR) is 76.1 cm³/mol. The van der Waals surface area contributed by atoms with Crippen LogP contribution in [0.5, 0.6) is 0 Å². The number of alkyl halides is 1. The van der Waals surface area contributed by atoms with E-state index in [0.717, 1.165) is 22.1 Å². The summed E-state index contributed by atoms with van der Waals surface area (Å²) in [5, 5.41) is 0. The molecule has 1 atom stereocenters. The van der Waals surface area contributed by atoms with Gasteiger partial charge in [0.05, 0.1) is 13.2 Å². The smallest absolute Gasteiger partial charge is 0.105 e. The molecule has 0 amide bonds. The molecule has 4 heteroatoms. The van der Waals surface area contributed by atoms with Crippen molar-refractivity contribution in [3.05, 3.63) is 34.3 Å². The summed E-state index contributed by atoms with van der Waals surface area (Å²) in [6.45, 7) is 3.57. The Morgan fingerprint density at radius 3 is 2.69 bits per heavy atom. The minimum absolute atomic E-state index is 0.241. The van der Waals surface area contributed by atoms with Crippen LogP contribution in [-0.4, -0.2) is 23.7 Å². The Hall–Kier alpha value is 0.350. The first-order valence-electron chi connectivity index (χ1n) is 5.22. The monoisotopic (exact) mass is 396 g/mol. The quantitative estimate of drug-likeness (QED) is 0.572. The van der Waals surface area contributed by atoms with Crippen LogP contribution in [0.25, 0.3) is 0 Å². The first-order chi connectivity index (χ1) is 7.65. The normalized spacial score (nSPS) is 20.2. The van der Waals surface area contributed by atoms with Crippen LogP contribution in [0.1, 0.15) is 12.5 Å². The molecule has 1 heterocycles. The third-order valence-electron chi connectivity index (χ3n) is 2.73. The standard InChI is InChI=1S/C12H14BrIO2/c1-12(8-14,16-9-6-15-7-9)10-4-2-3-5-11(10)13/h2-5,9H,6-8H2,1H3. The van der Waals surface area contributed by atoms with Gasteiger partial charge in [-0.05, 0) is 18.6 Å². The average molecular weight is 397 g/mol. The fourth-order valence-electron chi connectivity index (χ4n) is 1.71. The van der Waals surface area contributed by atoms with Gasteiger partial charge in [0.15, 0.2) is 0 Å². The molecule has 0 saturated carbocycles. The van der Waals surface area contributed by atoms with E-state index >= 15 is 0 Å². The summed E-state index contributed by atoms with van der Waals surface area (Å²) in [6, 6.07) is 8.24. The molecule has 0 aromatic heterocycles. The van der Waals surface area contributed by atoms with Crippen LogP contribution in [0.3, 0.4) is 0 Å². The summed E-state index contributed by atoms with van der Waals surface area (Å²) >= 11 is 5.96. The highest BCUT2D eigenvalue weighted by molar-refractivity contribution is 14.1. The lowest BCUT2D eigenvalue weighted by atomic mass is 9.97. The number of halogens is 2. The number of hydrogen-bond acceptors (Lipinski definition) is 2. The van der Waals surface area contributed by atoms with E-state index in [1.165, 1.54) is 5.56 Å². The average Bonchev–Trinajstić information content (AvgIpc) is 2.24. The minimum Gasteiger partial charge on any atom is -0.376 e. The second-order valence-corrected chi connectivity index (χ2v) is 5.74. The maximum absolute atomic E-state index is 6.13. The van der Waals surface area contributed by atoms with E-state index < -0.39 is 0 Å². The van der Waals surface area contributed by atoms with Crippen LogP contribution in [0.4, 0.5) is 0 Å². The fourth-order valence-corrected chi connectivity index (χ4v) is 3.00. The molecule has 1 aliphatic heterocycles. The van der Waals surface area contributed by atoms with Gasteiger partial charge in [-0.3, -0.25) is 0 Å². The van der Waals surface area contributed by atoms with E-state index in [-0.39, 0.29) is 11.7 Å². The van der Waals surface area contributed by atoms with Crippen molar-refractivity contribution in [1.29, 1.82) is 0 Å².